The first-order valence-corrected chi connectivity index (χ1v) is 9.37. The summed E-state index contributed by atoms with van der Waals surface area (Å²) in [6, 6.07) is 13.2. The number of halogens is 1. The lowest BCUT2D eigenvalue weighted by atomic mass is 10.1. The lowest BCUT2D eigenvalue weighted by Gasteiger charge is -2.36. The molecule has 2 aliphatic rings. The van der Waals surface area contributed by atoms with Crippen molar-refractivity contribution in [3.05, 3.63) is 54.4 Å². The first kappa shape index (κ1) is 19.9. The van der Waals surface area contributed by atoms with Crippen molar-refractivity contribution in [2.45, 2.75) is 18.9 Å². The van der Waals surface area contributed by atoms with Crippen molar-refractivity contribution in [1.82, 2.24) is 20.2 Å². The lowest BCUT2D eigenvalue weighted by Crippen LogP contribution is -2.53. The number of nitrogens with one attached hydrogen (secondary N) is 1. The van der Waals surface area contributed by atoms with E-state index in [0.717, 1.165) is 44.5 Å². The van der Waals surface area contributed by atoms with Gasteiger partial charge in [0.2, 0.25) is 5.95 Å². The van der Waals surface area contributed by atoms with E-state index in [9.17, 15) is 0 Å². The molecule has 0 radical (unpaired) electrons. The van der Waals surface area contributed by atoms with Gasteiger partial charge in [0.05, 0.1) is 0 Å². The third-order valence-corrected chi connectivity index (χ3v) is 5.20. The molecule has 1 aromatic heterocycles. The molecule has 2 aromatic rings. The van der Waals surface area contributed by atoms with Crippen LogP contribution in [0.3, 0.4) is 0 Å². The number of benzene rings is 1. The number of guanidine groups is 1. The van der Waals surface area contributed by atoms with E-state index in [0.29, 0.717) is 12.0 Å². The Balaban J connectivity index is 0.00000210. The van der Waals surface area contributed by atoms with Gasteiger partial charge in [0, 0.05) is 51.7 Å². The normalized spacial score (nSPS) is 22.2. The summed E-state index contributed by atoms with van der Waals surface area (Å²) in [5.74, 6) is 2.56. The van der Waals surface area contributed by atoms with E-state index in [1.807, 2.05) is 13.1 Å². The van der Waals surface area contributed by atoms with Gasteiger partial charge in [-0.3, -0.25) is 4.99 Å². The second-order valence-corrected chi connectivity index (χ2v) is 7.01. The number of hydrogen-bond donors (Lipinski definition) is 1. The highest BCUT2D eigenvalue weighted by molar-refractivity contribution is 14.0. The van der Waals surface area contributed by atoms with E-state index in [1.165, 1.54) is 12.0 Å². The van der Waals surface area contributed by atoms with Gasteiger partial charge in [0.15, 0.2) is 5.96 Å². The molecule has 2 atom stereocenters. The molecule has 1 N–H and O–H groups in total. The molecule has 0 spiro atoms. The molecule has 6 nitrogen and oxygen atoms in total. The Labute approximate surface area is 178 Å². The minimum Gasteiger partial charge on any atom is -0.353 e. The van der Waals surface area contributed by atoms with E-state index in [4.69, 9.17) is 0 Å². The molecule has 1 aliphatic carbocycles. The predicted molar refractivity (Wildman–Crippen MR) is 120 cm³/mol. The standard InChI is InChI=1S/C20H26N6.HI/c1-21-19(24-18-15-17(18)14-16-6-3-2-4-7-16)25-10-12-26(13-11-25)20-22-8-5-9-23-20;/h2-9,17-18H,10-15H2,1H3,(H,21,24);1H. The summed E-state index contributed by atoms with van der Waals surface area (Å²) in [7, 11) is 1.88. The van der Waals surface area contributed by atoms with Gasteiger partial charge < -0.3 is 15.1 Å². The van der Waals surface area contributed by atoms with E-state index in [-0.39, 0.29) is 24.0 Å². The van der Waals surface area contributed by atoms with Crippen molar-refractivity contribution in [2.75, 3.05) is 38.1 Å². The molecule has 2 fully saturated rings. The van der Waals surface area contributed by atoms with Gasteiger partial charge in [-0.1, -0.05) is 30.3 Å². The largest absolute Gasteiger partial charge is 0.353 e. The van der Waals surface area contributed by atoms with Gasteiger partial charge in [-0.15, -0.1) is 24.0 Å². The van der Waals surface area contributed by atoms with E-state index in [2.05, 4.69) is 60.4 Å². The monoisotopic (exact) mass is 478 g/mol. The van der Waals surface area contributed by atoms with Crippen molar-refractivity contribution in [1.29, 1.82) is 0 Å². The first-order chi connectivity index (χ1) is 12.8. The molecule has 4 rings (SSSR count). The maximum absolute atomic E-state index is 4.51. The van der Waals surface area contributed by atoms with Crippen LogP contribution in [0.5, 0.6) is 0 Å². The predicted octanol–water partition coefficient (Wildman–Crippen LogP) is 2.42. The van der Waals surface area contributed by atoms with Crippen molar-refractivity contribution in [3.8, 4) is 0 Å². The van der Waals surface area contributed by atoms with Crippen LogP contribution in [0.2, 0.25) is 0 Å². The lowest BCUT2D eigenvalue weighted by molar-refractivity contribution is 0.369. The average Bonchev–Trinajstić information content (AvgIpc) is 3.45. The van der Waals surface area contributed by atoms with E-state index in [1.54, 1.807) is 12.4 Å². The Morgan fingerprint density at radius 2 is 1.78 bits per heavy atom. The number of aliphatic imine (C=N–C) groups is 1. The van der Waals surface area contributed by atoms with Crippen LogP contribution >= 0.6 is 24.0 Å². The summed E-state index contributed by atoms with van der Waals surface area (Å²) in [6.45, 7) is 3.72. The van der Waals surface area contributed by atoms with Crippen molar-refractivity contribution in [3.63, 3.8) is 0 Å². The first-order valence-electron chi connectivity index (χ1n) is 9.37. The van der Waals surface area contributed by atoms with Crippen LogP contribution in [0.25, 0.3) is 0 Å². The highest BCUT2D eigenvalue weighted by Gasteiger charge is 2.38. The van der Waals surface area contributed by atoms with Gasteiger partial charge in [-0.05, 0) is 30.4 Å². The molecule has 2 unspecified atom stereocenters. The third-order valence-electron chi connectivity index (χ3n) is 5.20. The van der Waals surface area contributed by atoms with Gasteiger partial charge in [-0.25, -0.2) is 9.97 Å². The topological polar surface area (TPSA) is 56.7 Å². The zero-order valence-corrected chi connectivity index (χ0v) is 18.0. The molecule has 1 aliphatic heterocycles. The number of rotatable bonds is 4. The number of nitrogens with zero attached hydrogens (tertiary/aromatic N) is 5. The van der Waals surface area contributed by atoms with Crippen LogP contribution in [0.1, 0.15) is 12.0 Å². The average molecular weight is 478 g/mol. The molecule has 1 saturated heterocycles. The molecular weight excluding hydrogens is 451 g/mol. The van der Waals surface area contributed by atoms with Gasteiger partial charge in [0.25, 0.3) is 0 Å². The Kier molecular flexibility index (Phi) is 6.87. The van der Waals surface area contributed by atoms with E-state index >= 15 is 0 Å². The molecule has 1 saturated carbocycles. The Morgan fingerprint density at radius 3 is 2.44 bits per heavy atom. The Morgan fingerprint density at radius 1 is 1.07 bits per heavy atom. The Hall–Kier alpha value is -1.90. The third kappa shape index (κ3) is 5.09. The summed E-state index contributed by atoms with van der Waals surface area (Å²) in [5, 5.41) is 3.66. The van der Waals surface area contributed by atoms with Crippen LogP contribution in [0, 0.1) is 5.92 Å². The fourth-order valence-corrected chi connectivity index (χ4v) is 3.60. The molecule has 2 heterocycles. The second-order valence-electron chi connectivity index (χ2n) is 7.01. The van der Waals surface area contributed by atoms with Crippen LogP contribution in [-0.2, 0) is 6.42 Å². The van der Waals surface area contributed by atoms with Gasteiger partial charge in [0.1, 0.15) is 0 Å². The summed E-state index contributed by atoms with van der Waals surface area (Å²) in [4.78, 5) is 17.8. The zero-order chi connectivity index (χ0) is 17.8. The Bertz CT molecular complexity index is 731. The molecule has 27 heavy (non-hydrogen) atoms. The van der Waals surface area contributed by atoms with E-state index < -0.39 is 0 Å². The zero-order valence-electron chi connectivity index (χ0n) is 15.7. The summed E-state index contributed by atoms with van der Waals surface area (Å²) < 4.78 is 0. The number of aromatic nitrogens is 2. The van der Waals surface area contributed by atoms with Crippen molar-refractivity contribution in [2.24, 2.45) is 10.9 Å². The number of anilines is 1. The SMILES string of the molecule is CN=C(NC1CC1Cc1ccccc1)N1CCN(c2ncccn2)CC1.I. The number of piperazine rings is 1. The fraction of sp³-hybridized carbons (Fsp3) is 0.450. The second kappa shape index (κ2) is 9.34. The maximum Gasteiger partial charge on any atom is 0.225 e. The molecule has 144 valence electrons. The molecule has 0 bridgehead atoms. The summed E-state index contributed by atoms with van der Waals surface area (Å²) in [6.07, 6.45) is 5.98. The maximum atomic E-state index is 4.51. The quantitative estimate of drug-likeness (QED) is 0.416. The minimum absolute atomic E-state index is 0. The summed E-state index contributed by atoms with van der Waals surface area (Å²) >= 11 is 0. The highest BCUT2D eigenvalue weighted by atomic mass is 127. The highest BCUT2D eigenvalue weighted by Crippen LogP contribution is 2.33. The van der Waals surface area contributed by atoms with Crippen molar-refractivity contribution >= 4 is 35.9 Å². The molecule has 7 heteroatoms. The van der Waals surface area contributed by atoms with Crippen molar-refractivity contribution < 1.29 is 0 Å². The van der Waals surface area contributed by atoms with Crippen LogP contribution in [0.4, 0.5) is 5.95 Å². The van der Waals surface area contributed by atoms with Crippen LogP contribution < -0.4 is 10.2 Å². The van der Waals surface area contributed by atoms with Gasteiger partial charge in [-0.2, -0.15) is 0 Å². The van der Waals surface area contributed by atoms with Crippen LogP contribution in [-0.4, -0.2) is 60.1 Å². The fourth-order valence-electron chi connectivity index (χ4n) is 3.60. The molecular formula is C20H27IN6. The smallest absolute Gasteiger partial charge is 0.225 e. The molecule has 0 amide bonds. The minimum atomic E-state index is 0. The summed E-state index contributed by atoms with van der Waals surface area (Å²) in [5.41, 5.74) is 1.42. The van der Waals surface area contributed by atoms with Crippen LogP contribution in [0.15, 0.2) is 53.8 Å². The molecule has 1 aromatic carbocycles. The number of hydrogen-bond acceptors (Lipinski definition) is 4. The van der Waals surface area contributed by atoms with Gasteiger partial charge >= 0.3 is 0 Å².